The second-order valence-corrected chi connectivity index (χ2v) is 5.77. The minimum Gasteiger partial charge on any atom is -0.314 e. The molecule has 1 saturated carbocycles. The van der Waals surface area contributed by atoms with Crippen LogP contribution in [0.15, 0.2) is 18.2 Å². The Morgan fingerprint density at radius 2 is 2.12 bits per heavy atom. The fourth-order valence-corrected chi connectivity index (χ4v) is 3.15. The first-order chi connectivity index (χ1) is 8.13. The lowest BCUT2D eigenvalue weighted by molar-refractivity contribution is 0.185. The molecular weight excluding hydrogens is 253 g/mol. The van der Waals surface area contributed by atoms with Crippen LogP contribution in [0.1, 0.15) is 38.2 Å². The molecule has 1 nitrogen and oxygen atoms in total. The monoisotopic (exact) mass is 271 g/mol. The van der Waals surface area contributed by atoms with Crippen molar-refractivity contribution >= 4 is 23.2 Å². The summed E-state index contributed by atoms with van der Waals surface area (Å²) in [5.41, 5.74) is 1.25. The van der Waals surface area contributed by atoms with Gasteiger partial charge < -0.3 is 5.32 Å². The Bertz CT molecular complexity index is 392. The van der Waals surface area contributed by atoms with E-state index < -0.39 is 0 Å². The summed E-state index contributed by atoms with van der Waals surface area (Å²) in [4.78, 5) is 0. The third-order valence-electron chi connectivity index (χ3n) is 3.80. The van der Waals surface area contributed by atoms with Gasteiger partial charge in [0.25, 0.3) is 0 Å². The van der Waals surface area contributed by atoms with Crippen LogP contribution in [-0.4, -0.2) is 12.6 Å². The highest BCUT2D eigenvalue weighted by molar-refractivity contribution is 6.35. The lowest BCUT2D eigenvalue weighted by Gasteiger charge is -2.44. The van der Waals surface area contributed by atoms with Crippen LogP contribution in [0, 0.1) is 5.92 Å². The lowest BCUT2D eigenvalue weighted by atomic mass is 9.67. The average molecular weight is 272 g/mol. The van der Waals surface area contributed by atoms with E-state index in [-0.39, 0.29) is 0 Å². The Labute approximate surface area is 114 Å². The summed E-state index contributed by atoms with van der Waals surface area (Å²) < 4.78 is 0. The van der Waals surface area contributed by atoms with Gasteiger partial charge in [0.15, 0.2) is 0 Å². The Hall–Kier alpha value is -0.240. The maximum absolute atomic E-state index is 6.25. The first kappa shape index (κ1) is 13.2. The van der Waals surface area contributed by atoms with Crippen molar-refractivity contribution in [3.05, 3.63) is 33.8 Å². The highest BCUT2D eigenvalue weighted by Gasteiger charge is 2.38. The molecule has 1 aromatic rings. The van der Waals surface area contributed by atoms with Gasteiger partial charge in [0.1, 0.15) is 0 Å². The molecule has 94 valence electrons. The fourth-order valence-electron chi connectivity index (χ4n) is 2.60. The van der Waals surface area contributed by atoms with Crippen molar-refractivity contribution in [2.75, 3.05) is 6.54 Å². The summed E-state index contributed by atoms with van der Waals surface area (Å²) in [7, 11) is 0. The molecule has 0 spiro atoms. The van der Waals surface area contributed by atoms with Crippen LogP contribution >= 0.6 is 23.2 Å². The third kappa shape index (κ3) is 2.78. The molecule has 0 saturated heterocycles. The second-order valence-electron chi connectivity index (χ2n) is 4.93. The molecule has 1 fully saturated rings. The van der Waals surface area contributed by atoms with Gasteiger partial charge in [-0.3, -0.25) is 0 Å². The second kappa shape index (κ2) is 5.60. The molecule has 0 radical (unpaired) electrons. The van der Waals surface area contributed by atoms with Crippen LogP contribution < -0.4 is 5.32 Å². The van der Waals surface area contributed by atoms with Crippen LogP contribution in [0.2, 0.25) is 10.0 Å². The molecule has 3 heteroatoms. The molecule has 2 rings (SSSR count). The number of hydrogen-bond donors (Lipinski definition) is 1. The van der Waals surface area contributed by atoms with Crippen LogP contribution in [0.4, 0.5) is 0 Å². The summed E-state index contributed by atoms with van der Waals surface area (Å²) in [5, 5.41) is 5.10. The number of nitrogens with one attached hydrogen (secondary N) is 1. The minimum absolute atomic E-state index is 0.578. The predicted octanol–water partition coefficient (Wildman–Crippen LogP) is 4.49. The molecule has 0 aliphatic heterocycles. The van der Waals surface area contributed by atoms with E-state index in [0.717, 1.165) is 11.6 Å². The largest absolute Gasteiger partial charge is 0.314 e. The first-order valence-electron chi connectivity index (χ1n) is 6.31. The summed E-state index contributed by atoms with van der Waals surface area (Å²) in [5.74, 6) is 1.23. The van der Waals surface area contributed by atoms with Crippen molar-refractivity contribution in [2.45, 2.75) is 38.6 Å². The van der Waals surface area contributed by atoms with E-state index in [1.807, 2.05) is 12.1 Å². The molecule has 1 aliphatic rings. The quantitative estimate of drug-likeness (QED) is 0.851. The van der Waals surface area contributed by atoms with E-state index in [1.54, 1.807) is 0 Å². The van der Waals surface area contributed by atoms with Gasteiger partial charge in [-0.25, -0.2) is 0 Å². The zero-order valence-electron chi connectivity index (χ0n) is 10.3. The summed E-state index contributed by atoms with van der Waals surface area (Å²) in [6.45, 7) is 5.60. The molecule has 3 atom stereocenters. The van der Waals surface area contributed by atoms with Gasteiger partial charge in [-0.15, -0.1) is 0 Å². The van der Waals surface area contributed by atoms with Gasteiger partial charge in [0.2, 0.25) is 0 Å². The van der Waals surface area contributed by atoms with Gasteiger partial charge in [-0.1, -0.05) is 43.1 Å². The van der Waals surface area contributed by atoms with Crippen molar-refractivity contribution in [1.82, 2.24) is 5.32 Å². The van der Waals surface area contributed by atoms with Gasteiger partial charge in [0, 0.05) is 16.1 Å². The average Bonchev–Trinajstić information content (AvgIpc) is 2.30. The minimum atomic E-state index is 0.578. The zero-order valence-corrected chi connectivity index (χ0v) is 11.9. The Morgan fingerprint density at radius 3 is 2.71 bits per heavy atom. The Kier molecular flexibility index (Phi) is 4.35. The number of rotatable bonds is 4. The van der Waals surface area contributed by atoms with E-state index in [2.05, 4.69) is 25.2 Å². The smallest absolute Gasteiger partial charge is 0.0455 e. The molecule has 3 unspecified atom stereocenters. The summed E-state index contributed by atoms with van der Waals surface area (Å²) in [6.07, 6.45) is 2.37. The van der Waals surface area contributed by atoms with Crippen LogP contribution in [-0.2, 0) is 0 Å². The lowest BCUT2D eigenvalue weighted by Crippen LogP contribution is -2.48. The predicted molar refractivity (Wildman–Crippen MR) is 75.1 cm³/mol. The SMILES string of the molecule is CCCNC1CC(c2ccc(Cl)cc2Cl)C1C. The molecule has 0 heterocycles. The van der Waals surface area contributed by atoms with E-state index >= 15 is 0 Å². The Morgan fingerprint density at radius 1 is 1.35 bits per heavy atom. The number of benzene rings is 1. The van der Waals surface area contributed by atoms with E-state index in [0.29, 0.717) is 22.9 Å². The molecule has 1 N–H and O–H groups in total. The van der Waals surface area contributed by atoms with Crippen molar-refractivity contribution in [3.8, 4) is 0 Å². The Balaban J connectivity index is 2.01. The third-order valence-corrected chi connectivity index (χ3v) is 4.36. The van der Waals surface area contributed by atoms with Gasteiger partial charge >= 0.3 is 0 Å². The topological polar surface area (TPSA) is 12.0 Å². The molecule has 0 amide bonds. The molecule has 0 aromatic heterocycles. The molecule has 17 heavy (non-hydrogen) atoms. The zero-order chi connectivity index (χ0) is 12.4. The number of halogens is 2. The van der Waals surface area contributed by atoms with E-state index in [1.165, 1.54) is 18.4 Å². The van der Waals surface area contributed by atoms with Crippen LogP contribution in [0.5, 0.6) is 0 Å². The molecular formula is C14H19Cl2N. The van der Waals surface area contributed by atoms with Gasteiger partial charge in [-0.05, 0) is 48.9 Å². The van der Waals surface area contributed by atoms with Crippen molar-refractivity contribution < 1.29 is 0 Å². The van der Waals surface area contributed by atoms with Gasteiger partial charge in [0.05, 0.1) is 0 Å². The summed E-state index contributed by atoms with van der Waals surface area (Å²) >= 11 is 12.2. The summed E-state index contributed by atoms with van der Waals surface area (Å²) in [6, 6.07) is 6.49. The standard InChI is InChI=1S/C14H19Cl2N/c1-3-6-17-14-8-12(9(14)2)11-5-4-10(15)7-13(11)16/h4-5,7,9,12,14,17H,3,6,8H2,1-2H3. The number of hydrogen-bond acceptors (Lipinski definition) is 1. The molecule has 1 aromatic carbocycles. The van der Waals surface area contributed by atoms with E-state index in [9.17, 15) is 0 Å². The van der Waals surface area contributed by atoms with Crippen LogP contribution in [0.3, 0.4) is 0 Å². The maximum atomic E-state index is 6.25. The van der Waals surface area contributed by atoms with Gasteiger partial charge in [-0.2, -0.15) is 0 Å². The highest BCUT2D eigenvalue weighted by Crippen LogP contribution is 2.45. The normalized spacial score (nSPS) is 27.9. The van der Waals surface area contributed by atoms with Crippen LogP contribution in [0.25, 0.3) is 0 Å². The van der Waals surface area contributed by atoms with Crippen molar-refractivity contribution in [3.63, 3.8) is 0 Å². The van der Waals surface area contributed by atoms with Crippen molar-refractivity contribution in [2.24, 2.45) is 5.92 Å². The molecule has 0 bridgehead atoms. The first-order valence-corrected chi connectivity index (χ1v) is 7.07. The molecule has 1 aliphatic carbocycles. The van der Waals surface area contributed by atoms with Crippen molar-refractivity contribution in [1.29, 1.82) is 0 Å². The fraction of sp³-hybridized carbons (Fsp3) is 0.571. The highest BCUT2D eigenvalue weighted by atomic mass is 35.5. The van der Waals surface area contributed by atoms with E-state index in [4.69, 9.17) is 23.2 Å². The maximum Gasteiger partial charge on any atom is 0.0455 e.